The Bertz CT molecular complexity index is 921. The fourth-order valence-electron chi connectivity index (χ4n) is 2.79. The molecule has 0 saturated carbocycles. The van der Waals surface area contributed by atoms with Crippen LogP contribution in [0, 0.1) is 17.3 Å². The minimum Gasteiger partial charge on any atom is -0.480 e. The predicted molar refractivity (Wildman–Crippen MR) is 135 cm³/mol. The fourth-order valence-corrected chi connectivity index (χ4v) is 2.79. The summed E-state index contributed by atoms with van der Waals surface area (Å²) in [5.41, 5.74) is -0.103. The number of nitrogens with one attached hydrogen (secondary N) is 1. The van der Waals surface area contributed by atoms with Crippen LogP contribution in [-0.2, 0) is 30.3 Å². The maximum atomic E-state index is 12.4. The average molecular weight is 508 g/mol. The van der Waals surface area contributed by atoms with Crippen LogP contribution in [0.3, 0.4) is 0 Å². The molecular weight excluding hydrogens is 466 g/mol. The van der Waals surface area contributed by atoms with Gasteiger partial charge in [0.25, 0.3) is 0 Å². The number of carboxylic acids is 1. The molecule has 2 N–H and O–H groups in total. The molecule has 0 aliphatic rings. The highest BCUT2D eigenvalue weighted by Gasteiger charge is 2.26. The van der Waals surface area contributed by atoms with Gasteiger partial charge in [0.15, 0.2) is 11.5 Å². The van der Waals surface area contributed by atoms with E-state index in [0.29, 0.717) is 18.4 Å². The molecular formula is C27H41NO8. The van der Waals surface area contributed by atoms with Crippen LogP contribution in [0.4, 0.5) is 0 Å². The van der Waals surface area contributed by atoms with Crippen molar-refractivity contribution in [2.75, 3.05) is 6.54 Å². The molecule has 0 saturated heterocycles. The highest BCUT2D eigenvalue weighted by Crippen LogP contribution is 2.31. The van der Waals surface area contributed by atoms with Crippen molar-refractivity contribution in [3.8, 4) is 11.5 Å². The summed E-state index contributed by atoms with van der Waals surface area (Å²) in [6.07, 6.45) is 0.689. The van der Waals surface area contributed by atoms with E-state index in [1.807, 2.05) is 13.8 Å². The molecule has 3 unspecified atom stereocenters. The molecule has 1 aromatic carbocycles. The Balaban J connectivity index is 3.06. The van der Waals surface area contributed by atoms with Gasteiger partial charge in [0.05, 0.1) is 17.3 Å². The lowest BCUT2D eigenvalue weighted by Gasteiger charge is -2.23. The zero-order valence-electron chi connectivity index (χ0n) is 22.7. The van der Waals surface area contributed by atoms with Crippen molar-refractivity contribution in [2.45, 2.75) is 86.8 Å². The molecule has 0 aromatic heterocycles. The molecule has 4 atom stereocenters. The van der Waals surface area contributed by atoms with Gasteiger partial charge in [-0.05, 0) is 64.7 Å². The Kier molecular flexibility index (Phi) is 12.1. The number of ether oxygens (including phenoxy) is 3. The van der Waals surface area contributed by atoms with Crippen molar-refractivity contribution >= 4 is 23.9 Å². The molecule has 0 aliphatic carbocycles. The van der Waals surface area contributed by atoms with E-state index < -0.39 is 35.5 Å². The zero-order valence-corrected chi connectivity index (χ0v) is 22.7. The second-order valence-electron chi connectivity index (χ2n) is 10.2. The van der Waals surface area contributed by atoms with Crippen molar-refractivity contribution in [1.82, 2.24) is 5.32 Å². The van der Waals surface area contributed by atoms with Crippen LogP contribution in [0.15, 0.2) is 18.2 Å². The second kappa shape index (κ2) is 14.0. The third-order valence-corrected chi connectivity index (χ3v) is 5.77. The monoisotopic (exact) mass is 507 g/mol. The van der Waals surface area contributed by atoms with E-state index in [1.54, 1.807) is 47.6 Å². The first-order valence-electron chi connectivity index (χ1n) is 12.4. The summed E-state index contributed by atoms with van der Waals surface area (Å²) < 4.78 is 16.4. The molecule has 202 valence electrons. The first-order valence-corrected chi connectivity index (χ1v) is 12.4. The van der Waals surface area contributed by atoms with Crippen LogP contribution in [-0.4, -0.2) is 47.7 Å². The zero-order chi connectivity index (χ0) is 27.6. The van der Waals surface area contributed by atoms with Gasteiger partial charge in [-0.15, -0.1) is 0 Å². The number of esters is 3. The molecule has 0 spiro atoms. The van der Waals surface area contributed by atoms with E-state index in [0.717, 1.165) is 0 Å². The van der Waals surface area contributed by atoms with Gasteiger partial charge < -0.3 is 24.6 Å². The van der Waals surface area contributed by atoms with Crippen LogP contribution in [0.25, 0.3) is 0 Å². The molecule has 0 heterocycles. The quantitative estimate of drug-likeness (QED) is 0.299. The lowest BCUT2D eigenvalue weighted by atomic mass is 9.97. The van der Waals surface area contributed by atoms with Crippen LogP contribution < -0.4 is 14.8 Å². The number of carbonyl (C=O) groups excluding carboxylic acids is 3. The van der Waals surface area contributed by atoms with Crippen LogP contribution in [0.5, 0.6) is 11.5 Å². The molecule has 0 fully saturated rings. The maximum Gasteiger partial charge on any atom is 0.321 e. The first-order chi connectivity index (χ1) is 16.7. The van der Waals surface area contributed by atoms with Crippen molar-refractivity contribution in [1.29, 1.82) is 0 Å². The Labute approximate surface area is 213 Å². The highest BCUT2D eigenvalue weighted by atomic mass is 16.6. The lowest BCUT2D eigenvalue weighted by Crippen LogP contribution is -2.43. The van der Waals surface area contributed by atoms with Gasteiger partial charge in [-0.3, -0.25) is 19.2 Å². The van der Waals surface area contributed by atoms with Gasteiger partial charge in [-0.1, -0.05) is 33.8 Å². The fraction of sp³-hybridized carbons (Fsp3) is 0.630. The first kappa shape index (κ1) is 31.1. The second-order valence-corrected chi connectivity index (χ2v) is 10.2. The number of hydrogen-bond donors (Lipinski definition) is 2. The van der Waals surface area contributed by atoms with Crippen LogP contribution >= 0.6 is 0 Å². The summed E-state index contributed by atoms with van der Waals surface area (Å²) in [4.78, 5) is 48.7. The number of hydrogen-bond acceptors (Lipinski definition) is 8. The Morgan fingerprint density at radius 1 is 0.917 bits per heavy atom. The molecule has 0 radical (unpaired) electrons. The molecule has 1 aromatic rings. The minimum atomic E-state index is -1.09. The molecule has 9 nitrogen and oxygen atoms in total. The van der Waals surface area contributed by atoms with Crippen LogP contribution in [0.2, 0.25) is 0 Å². The molecule has 36 heavy (non-hydrogen) atoms. The third-order valence-electron chi connectivity index (χ3n) is 5.77. The topological polar surface area (TPSA) is 128 Å². The minimum absolute atomic E-state index is 0.0583. The van der Waals surface area contributed by atoms with Gasteiger partial charge in [0.2, 0.25) is 0 Å². The highest BCUT2D eigenvalue weighted by molar-refractivity contribution is 5.79. The largest absolute Gasteiger partial charge is 0.480 e. The van der Waals surface area contributed by atoms with E-state index in [2.05, 4.69) is 5.32 Å². The summed E-state index contributed by atoms with van der Waals surface area (Å²) in [5, 5.41) is 12.6. The smallest absolute Gasteiger partial charge is 0.321 e. The third kappa shape index (κ3) is 9.97. The summed E-state index contributed by atoms with van der Waals surface area (Å²) in [6.45, 7) is 14.2. The van der Waals surface area contributed by atoms with Gasteiger partial charge in [-0.2, -0.15) is 0 Å². The van der Waals surface area contributed by atoms with Crippen molar-refractivity contribution in [3.63, 3.8) is 0 Å². The standard InChI is InChI=1S/C27H41NO8/c1-9-16(3)24(31)35-21-12-11-19(14-22(21)36-25(32)17(4)10-2)13-20(23(29)30)28-15-18(5)34-26(33)27(6,7)8/h11-12,14,16-18,20,28H,9-10,13,15H2,1-8H3,(H,29,30)/t16?,17?,18?,20-/m0/s1. The molecule has 0 bridgehead atoms. The van der Waals surface area contributed by atoms with E-state index in [-0.39, 0.29) is 42.3 Å². The van der Waals surface area contributed by atoms with Crippen molar-refractivity contribution in [2.24, 2.45) is 17.3 Å². The predicted octanol–water partition coefficient (Wildman–Crippen LogP) is 4.15. The molecule has 0 amide bonds. The Hall–Kier alpha value is -2.94. The summed E-state index contributed by atoms with van der Waals surface area (Å²) >= 11 is 0. The summed E-state index contributed by atoms with van der Waals surface area (Å²) in [6, 6.07) is 3.65. The van der Waals surface area contributed by atoms with Gasteiger partial charge in [0, 0.05) is 6.54 Å². The summed E-state index contributed by atoms with van der Waals surface area (Å²) in [7, 11) is 0. The van der Waals surface area contributed by atoms with Gasteiger partial charge in [-0.25, -0.2) is 0 Å². The van der Waals surface area contributed by atoms with E-state index in [9.17, 15) is 24.3 Å². The SMILES string of the molecule is CCC(C)C(=O)Oc1ccc(C[C@H](NCC(C)OC(=O)C(C)(C)C)C(=O)O)cc1OC(=O)C(C)CC. The van der Waals surface area contributed by atoms with Crippen molar-refractivity contribution in [3.05, 3.63) is 23.8 Å². The summed E-state index contributed by atoms with van der Waals surface area (Å²) in [5.74, 6) is -2.92. The van der Waals surface area contributed by atoms with E-state index in [4.69, 9.17) is 14.2 Å². The normalized spacial score (nSPS) is 14.8. The van der Waals surface area contributed by atoms with Crippen molar-refractivity contribution < 1.29 is 38.5 Å². The van der Waals surface area contributed by atoms with E-state index in [1.165, 1.54) is 12.1 Å². The van der Waals surface area contributed by atoms with E-state index >= 15 is 0 Å². The Morgan fingerprint density at radius 2 is 1.44 bits per heavy atom. The maximum absolute atomic E-state index is 12.4. The number of aliphatic carboxylic acids is 1. The number of rotatable bonds is 13. The number of carboxylic acid groups (broad SMARTS) is 1. The number of benzene rings is 1. The Morgan fingerprint density at radius 3 is 1.92 bits per heavy atom. The molecule has 9 heteroatoms. The average Bonchev–Trinajstić information content (AvgIpc) is 2.80. The van der Waals surface area contributed by atoms with Crippen LogP contribution in [0.1, 0.15) is 73.8 Å². The molecule has 0 aliphatic heterocycles. The van der Waals surface area contributed by atoms with Gasteiger partial charge >= 0.3 is 23.9 Å². The number of carbonyl (C=O) groups is 4. The lowest BCUT2D eigenvalue weighted by molar-refractivity contribution is -0.157. The molecule has 1 rings (SSSR count). The van der Waals surface area contributed by atoms with Gasteiger partial charge in [0.1, 0.15) is 12.1 Å².